The maximum absolute atomic E-state index is 5.55. The minimum absolute atomic E-state index is 0.225. The smallest absolute Gasteiger partial charge is 0.222 e. The van der Waals surface area contributed by atoms with E-state index in [9.17, 15) is 0 Å². The highest BCUT2D eigenvalue weighted by atomic mass is 15.3. The Kier molecular flexibility index (Phi) is 1.67. The molecule has 0 saturated heterocycles. The summed E-state index contributed by atoms with van der Waals surface area (Å²) in [4.78, 5) is 16.4. The number of imidazole rings is 2. The average molecular weight is 215 g/mol. The van der Waals surface area contributed by atoms with Gasteiger partial charge in [-0.1, -0.05) is 0 Å². The molecule has 0 radical (unpaired) electrons. The van der Waals surface area contributed by atoms with Crippen molar-refractivity contribution >= 4 is 17.1 Å². The SMILES string of the molecule is Cn1ccnc1-n1cnc2cnc(N)nc21. The Balaban J connectivity index is 2.32. The Morgan fingerprint density at radius 1 is 1.25 bits per heavy atom. The number of anilines is 1. The van der Waals surface area contributed by atoms with E-state index in [0.29, 0.717) is 11.2 Å². The predicted octanol–water partition coefficient (Wildman–Crippen LogP) is 0.131. The number of hydrogen-bond donors (Lipinski definition) is 1. The van der Waals surface area contributed by atoms with E-state index in [4.69, 9.17) is 5.73 Å². The van der Waals surface area contributed by atoms with E-state index in [-0.39, 0.29) is 5.95 Å². The molecule has 0 amide bonds. The topological polar surface area (TPSA) is 87.4 Å². The molecule has 0 spiro atoms. The first-order valence-corrected chi connectivity index (χ1v) is 4.69. The van der Waals surface area contributed by atoms with Crippen molar-refractivity contribution in [1.82, 2.24) is 29.1 Å². The zero-order valence-electron chi connectivity index (χ0n) is 8.57. The van der Waals surface area contributed by atoms with E-state index in [0.717, 1.165) is 5.95 Å². The summed E-state index contributed by atoms with van der Waals surface area (Å²) < 4.78 is 3.65. The number of rotatable bonds is 1. The van der Waals surface area contributed by atoms with Crippen LogP contribution in [-0.4, -0.2) is 29.1 Å². The lowest BCUT2D eigenvalue weighted by Gasteiger charge is -2.02. The molecule has 0 saturated carbocycles. The summed E-state index contributed by atoms with van der Waals surface area (Å²) >= 11 is 0. The summed E-state index contributed by atoms with van der Waals surface area (Å²) in [6.45, 7) is 0. The molecule has 0 atom stereocenters. The van der Waals surface area contributed by atoms with E-state index in [1.165, 1.54) is 0 Å². The maximum atomic E-state index is 5.55. The third kappa shape index (κ3) is 1.14. The van der Waals surface area contributed by atoms with E-state index in [1.807, 2.05) is 17.8 Å². The number of nitrogens with zero attached hydrogens (tertiary/aromatic N) is 6. The van der Waals surface area contributed by atoms with Crippen LogP contribution in [-0.2, 0) is 7.05 Å². The lowest BCUT2D eigenvalue weighted by Crippen LogP contribution is -2.03. The normalized spacial score (nSPS) is 11.1. The highest BCUT2D eigenvalue weighted by Crippen LogP contribution is 2.14. The molecule has 0 aromatic carbocycles. The van der Waals surface area contributed by atoms with Crippen molar-refractivity contribution in [2.75, 3.05) is 5.73 Å². The van der Waals surface area contributed by atoms with Crippen LogP contribution in [0.15, 0.2) is 24.9 Å². The van der Waals surface area contributed by atoms with Crippen LogP contribution < -0.4 is 5.73 Å². The molecule has 16 heavy (non-hydrogen) atoms. The molecule has 3 aromatic rings. The van der Waals surface area contributed by atoms with Gasteiger partial charge in [-0.3, -0.25) is 4.57 Å². The number of fused-ring (bicyclic) bond motifs is 1. The molecule has 3 heterocycles. The van der Waals surface area contributed by atoms with Crippen LogP contribution in [0.5, 0.6) is 0 Å². The lowest BCUT2D eigenvalue weighted by molar-refractivity contribution is 0.825. The molecule has 0 aliphatic heterocycles. The van der Waals surface area contributed by atoms with E-state index in [1.54, 1.807) is 23.3 Å². The number of aromatic nitrogens is 6. The second kappa shape index (κ2) is 3.02. The maximum Gasteiger partial charge on any atom is 0.222 e. The van der Waals surface area contributed by atoms with E-state index >= 15 is 0 Å². The van der Waals surface area contributed by atoms with Gasteiger partial charge in [0.2, 0.25) is 11.9 Å². The molecule has 80 valence electrons. The Morgan fingerprint density at radius 3 is 2.88 bits per heavy atom. The van der Waals surface area contributed by atoms with Gasteiger partial charge in [0.25, 0.3) is 0 Å². The molecule has 2 N–H and O–H groups in total. The first-order valence-electron chi connectivity index (χ1n) is 4.69. The summed E-state index contributed by atoms with van der Waals surface area (Å²) in [5.41, 5.74) is 6.90. The van der Waals surface area contributed by atoms with Gasteiger partial charge in [0, 0.05) is 19.4 Å². The number of nitrogens with two attached hydrogens (primary N) is 1. The van der Waals surface area contributed by atoms with Gasteiger partial charge in [-0.15, -0.1) is 0 Å². The van der Waals surface area contributed by atoms with Crippen molar-refractivity contribution in [1.29, 1.82) is 0 Å². The van der Waals surface area contributed by atoms with E-state index < -0.39 is 0 Å². The highest BCUT2D eigenvalue weighted by Gasteiger charge is 2.09. The van der Waals surface area contributed by atoms with Gasteiger partial charge in [-0.25, -0.2) is 15.0 Å². The largest absolute Gasteiger partial charge is 0.368 e. The standard InChI is InChI=1S/C9H9N7/c1-15-3-2-11-9(15)16-5-13-6-4-12-8(10)14-7(6)16/h2-5H,1H3,(H2,10,12,14). The van der Waals surface area contributed by atoms with E-state index in [2.05, 4.69) is 19.9 Å². The first kappa shape index (κ1) is 8.84. The third-order valence-corrected chi connectivity index (χ3v) is 2.32. The van der Waals surface area contributed by atoms with Crippen molar-refractivity contribution in [3.63, 3.8) is 0 Å². The average Bonchev–Trinajstić information content (AvgIpc) is 2.83. The number of aryl methyl sites for hydroxylation is 1. The van der Waals surface area contributed by atoms with Gasteiger partial charge in [0.15, 0.2) is 5.65 Å². The van der Waals surface area contributed by atoms with Gasteiger partial charge >= 0.3 is 0 Å². The molecule has 0 fully saturated rings. The monoisotopic (exact) mass is 215 g/mol. The van der Waals surface area contributed by atoms with Gasteiger partial charge in [0.1, 0.15) is 11.8 Å². The molecule has 3 aromatic heterocycles. The molecule has 7 heteroatoms. The second-order valence-corrected chi connectivity index (χ2v) is 3.39. The summed E-state index contributed by atoms with van der Waals surface area (Å²) in [5.74, 6) is 0.962. The molecule has 3 rings (SSSR count). The number of nitrogen functional groups attached to an aromatic ring is 1. The van der Waals surface area contributed by atoms with Crippen LogP contribution in [0.3, 0.4) is 0 Å². The van der Waals surface area contributed by atoms with Crippen molar-refractivity contribution in [2.45, 2.75) is 0 Å². The van der Waals surface area contributed by atoms with Gasteiger partial charge in [0.05, 0.1) is 6.20 Å². The van der Waals surface area contributed by atoms with Crippen molar-refractivity contribution in [2.24, 2.45) is 7.05 Å². The molecular formula is C9H9N7. The van der Waals surface area contributed by atoms with Crippen molar-refractivity contribution < 1.29 is 0 Å². The van der Waals surface area contributed by atoms with Gasteiger partial charge < -0.3 is 10.3 Å². The first-order chi connectivity index (χ1) is 7.75. The Bertz CT molecular complexity index is 651. The van der Waals surface area contributed by atoms with Crippen LogP contribution in [0.25, 0.3) is 17.1 Å². The molecular weight excluding hydrogens is 206 g/mol. The Labute approximate surface area is 90.6 Å². The van der Waals surface area contributed by atoms with Crippen molar-refractivity contribution in [3.8, 4) is 5.95 Å². The fraction of sp³-hybridized carbons (Fsp3) is 0.111. The third-order valence-electron chi connectivity index (χ3n) is 2.32. The lowest BCUT2D eigenvalue weighted by atomic mass is 10.5. The zero-order valence-corrected chi connectivity index (χ0v) is 8.57. The second-order valence-electron chi connectivity index (χ2n) is 3.39. The summed E-state index contributed by atoms with van der Waals surface area (Å²) in [7, 11) is 1.90. The molecule has 7 nitrogen and oxygen atoms in total. The van der Waals surface area contributed by atoms with Crippen LogP contribution in [0.2, 0.25) is 0 Å². The van der Waals surface area contributed by atoms with Crippen LogP contribution in [0, 0.1) is 0 Å². The van der Waals surface area contributed by atoms with Gasteiger partial charge in [-0.05, 0) is 0 Å². The van der Waals surface area contributed by atoms with Crippen LogP contribution in [0.4, 0.5) is 5.95 Å². The fourth-order valence-corrected chi connectivity index (χ4v) is 1.56. The highest BCUT2D eigenvalue weighted by molar-refractivity contribution is 5.72. The quantitative estimate of drug-likeness (QED) is 0.623. The summed E-state index contributed by atoms with van der Waals surface area (Å²) in [6, 6.07) is 0. The fourth-order valence-electron chi connectivity index (χ4n) is 1.56. The minimum atomic E-state index is 0.225. The predicted molar refractivity (Wildman–Crippen MR) is 57.8 cm³/mol. The summed E-state index contributed by atoms with van der Waals surface area (Å²) in [5, 5.41) is 0. The Hall–Kier alpha value is -2.44. The molecule has 0 aliphatic rings. The zero-order chi connectivity index (χ0) is 11.1. The van der Waals surface area contributed by atoms with Crippen molar-refractivity contribution in [3.05, 3.63) is 24.9 Å². The number of hydrogen-bond acceptors (Lipinski definition) is 5. The van der Waals surface area contributed by atoms with Crippen LogP contribution >= 0.6 is 0 Å². The molecule has 0 bridgehead atoms. The Morgan fingerprint density at radius 2 is 2.12 bits per heavy atom. The molecule has 0 unspecified atom stereocenters. The van der Waals surface area contributed by atoms with Crippen LogP contribution in [0.1, 0.15) is 0 Å². The molecule has 0 aliphatic carbocycles. The summed E-state index contributed by atoms with van der Waals surface area (Å²) in [6.07, 6.45) is 6.82. The van der Waals surface area contributed by atoms with Gasteiger partial charge in [-0.2, -0.15) is 4.98 Å². The minimum Gasteiger partial charge on any atom is -0.368 e.